The molecule has 16 heavy (non-hydrogen) atoms. The molecule has 2 rings (SSSR count). The fourth-order valence-corrected chi connectivity index (χ4v) is 1.45. The summed E-state index contributed by atoms with van der Waals surface area (Å²) in [4.78, 5) is 6.59. The molecule has 1 aromatic carbocycles. The van der Waals surface area contributed by atoms with Gasteiger partial charge in [-0.15, -0.1) is 0 Å². The first-order chi connectivity index (χ1) is 7.83. The van der Waals surface area contributed by atoms with Gasteiger partial charge in [-0.2, -0.15) is 0 Å². The lowest BCUT2D eigenvalue weighted by Crippen LogP contribution is -1.92. The molecule has 0 saturated heterocycles. The Labute approximate surface area is 92.2 Å². The van der Waals surface area contributed by atoms with Crippen molar-refractivity contribution in [3.05, 3.63) is 53.0 Å². The monoisotopic (exact) mass is 211 g/mol. The van der Waals surface area contributed by atoms with Crippen LogP contribution in [0.3, 0.4) is 0 Å². The number of pyridine rings is 1. The largest absolute Gasteiger partial charge is 0.397 e. The summed E-state index contributed by atoms with van der Waals surface area (Å²) < 4.78 is 0. The summed E-state index contributed by atoms with van der Waals surface area (Å²) >= 11 is 0. The fraction of sp³-hybridized carbons (Fsp3) is 0. The Kier molecular flexibility index (Phi) is 2.71. The maximum atomic E-state index is 8.37. The van der Waals surface area contributed by atoms with Crippen LogP contribution in [0.5, 0.6) is 0 Å². The van der Waals surface area contributed by atoms with Gasteiger partial charge in [-0.25, -0.2) is 0 Å². The normalized spacial score (nSPS) is 9.50. The maximum Gasteiger partial charge on any atom is 0.150 e. The lowest BCUT2D eigenvalue weighted by Gasteiger charge is -2.06. The van der Waals surface area contributed by atoms with Crippen LogP contribution in [0.1, 0.15) is 0 Å². The van der Waals surface area contributed by atoms with Gasteiger partial charge in [0.1, 0.15) is 5.82 Å². The molecule has 0 bridgehead atoms. The fourth-order valence-electron chi connectivity index (χ4n) is 1.45. The summed E-state index contributed by atoms with van der Waals surface area (Å²) in [6.07, 6.45) is 1.57. The third kappa shape index (κ3) is 1.80. The number of benzene rings is 1. The van der Waals surface area contributed by atoms with Gasteiger partial charge in [0.2, 0.25) is 0 Å². The van der Waals surface area contributed by atoms with E-state index in [-0.39, 0.29) is 5.82 Å². The van der Waals surface area contributed by atoms with E-state index in [1.54, 1.807) is 12.3 Å². The second-order valence-corrected chi connectivity index (χ2v) is 3.15. The molecular weight excluding hydrogens is 202 g/mol. The van der Waals surface area contributed by atoms with Crippen LogP contribution in [-0.2, 0) is 0 Å². The molecule has 0 saturated carbocycles. The highest BCUT2D eigenvalue weighted by Gasteiger charge is 2.06. The van der Waals surface area contributed by atoms with Crippen LogP contribution in [0.2, 0.25) is 0 Å². The molecule has 5 heteroatoms. The highest BCUT2D eigenvalue weighted by Crippen LogP contribution is 2.31. The molecule has 78 valence electrons. The van der Waals surface area contributed by atoms with Crippen LogP contribution in [0.25, 0.3) is 21.6 Å². The Hall–Kier alpha value is -2.52. The molecule has 1 aromatic heterocycles. The molecule has 0 aliphatic carbocycles. The molecule has 5 nitrogen and oxygen atoms in total. The second kappa shape index (κ2) is 4.33. The number of hydrogen-bond acceptors (Lipinski definition) is 3. The average Bonchev–Trinajstić information content (AvgIpc) is 2.33. The molecule has 0 radical (unpaired) electrons. The van der Waals surface area contributed by atoms with E-state index in [0.29, 0.717) is 5.69 Å². The predicted molar refractivity (Wildman–Crippen MR) is 62.9 cm³/mol. The summed E-state index contributed by atoms with van der Waals surface area (Å²) in [6.45, 7) is 0. The Balaban J connectivity index is 2.59. The van der Waals surface area contributed by atoms with Crippen LogP contribution in [0, 0.1) is 0 Å². The number of nitrogen functional groups attached to an aromatic ring is 1. The molecule has 2 aromatic rings. The number of rotatable bonds is 2. The number of anilines is 1. The molecular formula is C11H9N5. The van der Waals surface area contributed by atoms with E-state index in [1.807, 2.05) is 30.3 Å². The lowest BCUT2D eigenvalue weighted by molar-refractivity contribution is 1.26. The van der Waals surface area contributed by atoms with E-state index >= 15 is 0 Å². The predicted octanol–water partition coefficient (Wildman–Crippen LogP) is 3.27. The Morgan fingerprint density at radius 3 is 2.62 bits per heavy atom. The summed E-state index contributed by atoms with van der Waals surface area (Å²) in [5, 5.41) is 3.44. The summed E-state index contributed by atoms with van der Waals surface area (Å²) in [5.41, 5.74) is 16.4. The van der Waals surface area contributed by atoms with E-state index < -0.39 is 0 Å². The lowest BCUT2D eigenvalue weighted by atomic mass is 10.1. The minimum atomic E-state index is 0.212. The molecule has 0 unspecified atom stereocenters. The standard InChI is InChI=1S/C11H9N5/c12-10-9(8-4-2-1-3-5-8)6-7-14-11(10)15-16-13/h1-7H,12H2. The minimum Gasteiger partial charge on any atom is -0.397 e. The first-order valence-corrected chi connectivity index (χ1v) is 4.68. The van der Waals surface area contributed by atoms with Crippen LogP contribution < -0.4 is 5.73 Å². The van der Waals surface area contributed by atoms with E-state index in [9.17, 15) is 0 Å². The Morgan fingerprint density at radius 2 is 1.94 bits per heavy atom. The van der Waals surface area contributed by atoms with Gasteiger partial charge in [0.25, 0.3) is 0 Å². The first kappa shape index (κ1) is 10.0. The quantitative estimate of drug-likeness (QED) is 0.469. The number of nitrogens with two attached hydrogens (primary N) is 1. The van der Waals surface area contributed by atoms with Crippen molar-refractivity contribution in [1.29, 1.82) is 0 Å². The first-order valence-electron chi connectivity index (χ1n) is 4.68. The van der Waals surface area contributed by atoms with Crippen molar-refractivity contribution >= 4 is 11.5 Å². The van der Waals surface area contributed by atoms with E-state index in [0.717, 1.165) is 11.1 Å². The van der Waals surface area contributed by atoms with Gasteiger partial charge < -0.3 is 5.73 Å². The zero-order chi connectivity index (χ0) is 11.4. The van der Waals surface area contributed by atoms with Gasteiger partial charge in [-0.05, 0) is 22.3 Å². The van der Waals surface area contributed by atoms with E-state index in [4.69, 9.17) is 11.3 Å². The van der Waals surface area contributed by atoms with Crippen molar-refractivity contribution in [3.63, 3.8) is 0 Å². The average molecular weight is 211 g/mol. The second-order valence-electron chi connectivity index (χ2n) is 3.15. The Morgan fingerprint density at radius 1 is 1.19 bits per heavy atom. The van der Waals surface area contributed by atoms with Crippen LogP contribution in [0.15, 0.2) is 47.7 Å². The smallest absolute Gasteiger partial charge is 0.150 e. The Bertz CT molecular complexity index is 544. The number of nitrogens with zero attached hydrogens (tertiary/aromatic N) is 4. The summed E-state index contributed by atoms with van der Waals surface area (Å²) in [6, 6.07) is 11.4. The number of azide groups is 1. The molecule has 2 N–H and O–H groups in total. The molecule has 0 aliphatic heterocycles. The number of hydrogen-bond donors (Lipinski definition) is 1. The van der Waals surface area contributed by atoms with Crippen molar-refractivity contribution < 1.29 is 0 Å². The van der Waals surface area contributed by atoms with Crippen molar-refractivity contribution in [2.75, 3.05) is 5.73 Å². The third-order valence-electron chi connectivity index (χ3n) is 2.19. The van der Waals surface area contributed by atoms with Crippen molar-refractivity contribution in [3.8, 4) is 11.1 Å². The van der Waals surface area contributed by atoms with Gasteiger partial charge in [0.15, 0.2) is 0 Å². The zero-order valence-corrected chi connectivity index (χ0v) is 8.41. The van der Waals surface area contributed by atoms with Crippen LogP contribution in [0.4, 0.5) is 11.5 Å². The molecule has 0 spiro atoms. The summed E-state index contributed by atoms with van der Waals surface area (Å²) in [7, 11) is 0. The minimum absolute atomic E-state index is 0.212. The molecule has 0 amide bonds. The molecule has 0 fully saturated rings. The zero-order valence-electron chi connectivity index (χ0n) is 8.41. The van der Waals surface area contributed by atoms with Crippen LogP contribution in [-0.4, -0.2) is 4.98 Å². The highest BCUT2D eigenvalue weighted by atomic mass is 15.2. The van der Waals surface area contributed by atoms with Gasteiger partial charge >= 0.3 is 0 Å². The summed E-state index contributed by atoms with van der Waals surface area (Å²) in [5.74, 6) is 0.212. The highest BCUT2D eigenvalue weighted by molar-refractivity contribution is 5.81. The van der Waals surface area contributed by atoms with E-state index in [1.165, 1.54) is 0 Å². The van der Waals surface area contributed by atoms with Crippen molar-refractivity contribution in [2.24, 2.45) is 5.11 Å². The molecule has 0 atom stereocenters. The molecule has 0 aliphatic rings. The number of aromatic nitrogens is 1. The van der Waals surface area contributed by atoms with Gasteiger partial charge in [-0.3, -0.25) is 4.98 Å². The SMILES string of the molecule is [N-]=[N+]=Nc1nccc(-c2ccccc2)c1N. The van der Waals surface area contributed by atoms with Crippen LogP contribution >= 0.6 is 0 Å². The van der Waals surface area contributed by atoms with Gasteiger partial charge in [0, 0.05) is 16.7 Å². The van der Waals surface area contributed by atoms with Crippen molar-refractivity contribution in [2.45, 2.75) is 0 Å². The third-order valence-corrected chi connectivity index (χ3v) is 2.19. The van der Waals surface area contributed by atoms with E-state index in [2.05, 4.69) is 15.0 Å². The maximum absolute atomic E-state index is 8.37. The van der Waals surface area contributed by atoms with Gasteiger partial charge in [0.05, 0.1) is 5.69 Å². The van der Waals surface area contributed by atoms with Gasteiger partial charge in [-0.1, -0.05) is 30.3 Å². The van der Waals surface area contributed by atoms with Crippen molar-refractivity contribution in [1.82, 2.24) is 4.98 Å². The topological polar surface area (TPSA) is 87.7 Å². The molecule has 1 heterocycles.